The molecular weight excluding hydrogens is 168 g/mol. The maximum Gasteiger partial charge on any atom is 0.376 e. The van der Waals surface area contributed by atoms with E-state index in [9.17, 15) is 9.41 Å². The summed E-state index contributed by atoms with van der Waals surface area (Å²) in [5.74, 6) is -0.166. The average Bonchev–Trinajstić information content (AvgIpc) is 2.49. The first-order chi connectivity index (χ1) is 6.18. The lowest BCUT2D eigenvalue weighted by Gasteiger charge is -2.14. The second-order valence-corrected chi connectivity index (χ2v) is 3.41. The lowest BCUT2D eigenvalue weighted by molar-refractivity contribution is 0.378. The van der Waals surface area contributed by atoms with Gasteiger partial charge in [0.05, 0.1) is 0 Å². The van der Waals surface area contributed by atoms with E-state index in [1.165, 1.54) is 6.07 Å². The van der Waals surface area contributed by atoms with E-state index in [0.29, 0.717) is 13.1 Å². The number of hydrogen-bond acceptors (Lipinski definition) is 2. The molecule has 0 bridgehead atoms. The van der Waals surface area contributed by atoms with Crippen LogP contribution in [0.15, 0.2) is 18.2 Å². The highest BCUT2D eigenvalue weighted by molar-refractivity contribution is 6.45. The lowest BCUT2D eigenvalue weighted by atomic mass is 9.86. The Morgan fingerprint density at radius 2 is 2.23 bits per heavy atom. The van der Waals surface area contributed by atoms with E-state index in [1.54, 1.807) is 12.9 Å². The molecule has 4 heteroatoms. The van der Waals surface area contributed by atoms with Crippen LogP contribution >= 0.6 is 0 Å². The van der Waals surface area contributed by atoms with Gasteiger partial charge in [0.1, 0.15) is 5.82 Å². The van der Waals surface area contributed by atoms with Crippen molar-refractivity contribution in [2.75, 3.05) is 0 Å². The zero-order chi connectivity index (χ0) is 9.42. The predicted molar refractivity (Wildman–Crippen MR) is 49.5 cm³/mol. The smallest absolute Gasteiger partial charge is 0.376 e. The molecule has 0 spiro atoms. The molecule has 0 unspecified atom stereocenters. The van der Waals surface area contributed by atoms with Gasteiger partial charge >= 0.3 is 7.05 Å². The largest absolute Gasteiger partial charge is 0.437 e. The van der Waals surface area contributed by atoms with Gasteiger partial charge in [-0.05, 0) is 18.5 Å². The average molecular weight is 179 g/mol. The minimum Gasteiger partial charge on any atom is -0.437 e. The van der Waals surface area contributed by atoms with Crippen LogP contribution in [0.1, 0.15) is 11.1 Å². The molecule has 1 aliphatic rings. The van der Waals surface area contributed by atoms with Gasteiger partial charge in [0.25, 0.3) is 0 Å². The molecule has 1 aromatic rings. The minimum absolute atomic E-state index is 0.166. The molecule has 0 atom stereocenters. The number of benzene rings is 1. The lowest BCUT2D eigenvalue weighted by Crippen LogP contribution is -2.31. The normalized spacial score (nSPS) is 15.9. The van der Waals surface area contributed by atoms with Crippen molar-refractivity contribution < 1.29 is 9.41 Å². The van der Waals surface area contributed by atoms with Crippen molar-refractivity contribution in [1.82, 2.24) is 4.81 Å². The molecular formula is C9H11BFNO. The van der Waals surface area contributed by atoms with Crippen molar-refractivity contribution in [3.63, 3.8) is 0 Å². The summed E-state index contributed by atoms with van der Waals surface area (Å²) in [5.41, 5.74) is 1.71. The molecule has 0 saturated heterocycles. The molecule has 1 aliphatic heterocycles. The molecule has 13 heavy (non-hydrogen) atoms. The van der Waals surface area contributed by atoms with E-state index in [4.69, 9.17) is 0 Å². The van der Waals surface area contributed by atoms with Crippen LogP contribution in [0.4, 0.5) is 4.39 Å². The van der Waals surface area contributed by atoms with Gasteiger partial charge in [0, 0.05) is 18.7 Å². The molecule has 0 radical (unpaired) electrons. The number of rotatable bonds is 1. The SMILES string of the molecule is CB(O)N1Cc2cccc(F)c2C1. The quantitative estimate of drug-likeness (QED) is 0.655. The molecule has 68 valence electrons. The standard InChI is InChI=1S/C9H11BFNO/c1-10(13)12-5-7-3-2-4-9(11)8(7)6-12/h2-4,13H,5-6H2,1H3. The summed E-state index contributed by atoms with van der Waals surface area (Å²) < 4.78 is 13.2. The summed E-state index contributed by atoms with van der Waals surface area (Å²) in [4.78, 5) is 1.83. The van der Waals surface area contributed by atoms with Gasteiger partial charge in [-0.25, -0.2) is 4.39 Å². The van der Waals surface area contributed by atoms with Crippen molar-refractivity contribution in [2.45, 2.75) is 19.9 Å². The first-order valence-electron chi connectivity index (χ1n) is 4.37. The molecule has 0 fully saturated rings. The van der Waals surface area contributed by atoms with Crippen LogP contribution in [0, 0.1) is 5.82 Å². The summed E-state index contributed by atoms with van der Waals surface area (Å²) in [7, 11) is -0.508. The van der Waals surface area contributed by atoms with E-state index in [2.05, 4.69) is 0 Å². The van der Waals surface area contributed by atoms with Gasteiger partial charge in [0.15, 0.2) is 0 Å². The molecule has 0 amide bonds. The molecule has 0 aromatic heterocycles. The van der Waals surface area contributed by atoms with Crippen molar-refractivity contribution in [3.8, 4) is 0 Å². The summed E-state index contributed by atoms with van der Waals surface area (Å²) in [5, 5.41) is 9.32. The number of fused-ring (bicyclic) bond motifs is 1. The Kier molecular flexibility index (Phi) is 2.10. The Balaban J connectivity index is 2.30. The second kappa shape index (κ2) is 3.12. The van der Waals surface area contributed by atoms with E-state index in [0.717, 1.165) is 11.1 Å². The molecule has 2 nitrogen and oxygen atoms in total. The molecule has 1 N–H and O–H groups in total. The third-order valence-electron chi connectivity index (χ3n) is 2.48. The molecule has 0 aliphatic carbocycles. The highest BCUT2D eigenvalue weighted by atomic mass is 19.1. The molecule has 2 rings (SSSR count). The topological polar surface area (TPSA) is 23.5 Å². The maximum atomic E-state index is 13.2. The second-order valence-electron chi connectivity index (χ2n) is 3.41. The van der Waals surface area contributed by atoms with Crippen LogP contribution in [-0.2, 0) is 13.1 Å². The van der Waals surface area contributed by atoms with Gasteiger partial charge < -0.3 is 9.83 Å². The Hall–Kier alpha value is -0.865. The van der Waals surface area contributed by atoms with Crippen LogP contribution in [0.5, 0.6) is 0 Å². The zero-order valence-electron chi connectivity index (χ0n) is 7.50. The fraction of sp³-hybridized carbons (Fsp3) is 0.333. The number of nitrogens with zero attached hydrogens (tertiary/aromatic N) is 1. The van der Waals surface area contributed by atoms with Gasteiger partial charge in [-0.2, -0.15) is 0 Å². The summed E-state index contributed by atoms with van der Waals surface area (Å²) in [6, 6.07) is 5.07. The van der Waals surface area contributed by atoms with Crippen LogP contribution in [0.2, 0.25) is 6.82 Å². The summed E-state index contributed by atoms with van der Waals surface area (Å²) >= 11 is 0. The highest BCUT2D eigenvalue weighted by Crippen LogP contribution is 2.24. The molecule has 1 heterocycles. The van der Waals surface area contributed by atoms with Crippen LogP contribution in [0.25, 0.3) is 0 Å². The van der Waals surface area contributed by atoms with Crippen molar-refractivity contribution in [2.24, 2.45) is 0 Å². The van der Waals surface area contributed by atoms with E-state index in [-0.39, 0.29) is 5.82 Å². The van der Waals surface area contributed by atoms with Gasteiger partial charge in [-0.3, -0.25) is 0 Å². The van der Waals surface area contributed by atoms with Crippen LogP contribution in [-0.4, -0.2) is 16.9 Å². The fourth-order valence-corrected chi connectivity index (χ4v) is 1.67. The van der Waals surface area contributed by atoms with E-state index in [1.807, 2.05) is 10.9 Å². The number of halogens is 1. The minimum atomic E-state index is -0.508. The Morgan fingerprint density at radius 3 is 2.85 bits per heavy atom. The maximum absolute atomic E-state index is 13.2. The van der Waals surface area contributed by atoms with Crippen molar-refractivity contribution in [1.29, 1.82) is 0 Å². The summed E-state index contributed by atoms with van der Waals surface area (Å²) in [6.07, 6.45) is 0. The van der Waals surface area contributed by atoms with Gasteiger partial charge in [0.2, 0.25) is 0 Å². The van der Waals surface area contributed by atoms with E-state index >= 15 is 0 Å². The first-order valence-corrected chi connectivity index (χ1v) is 4.37. The van der Waals surface area contributed by atoms with Crippen LogP contribution < -0.4 is 0 Å². The molecule has 0 saturated carbocycles. The zero-order valence-corrected chi connectivity index (χ0v) is 7.50. The number of hydrogen-bond donors (Lipinski definition) is 1. The van der Waals surface area contributed by atoms with Gasteiger partial charge in [-0.1, -0.05) is 12.1 Å². The van der Waals surface area contributed by atoms with Crippen molar-refractivity contribution in [3.05, 3.63) is 35.1 Å². The highest BCUT2D eigenvalue weighted by Gasteiger charge is 2.26. The monoisotopic (exact) mass is 179 g/mol. The predicted octanol–water partition coefficient (Wildman–Crippen LogP) is 1.25. The Labute approximate surface area is 77.1 Å². The Morgan fingerprint density at radius 1 is 1.46 bits per heavy atom. The molecule has 1 aromatic carbocycles. The van der Waals surface area contributed by atoms with Gasteiger partial charge in [-0.15, -0.1) is 0 Å². The van der Waals surface area contributed by atoms with Crippen LogP contribution in [0.3, 0.4) is 0 Å². The first kappa shape index (κ1) is 8.72. The third kappa shape index (κ3) is 1.47. The Bertz CT molecular complexity index is 329. The summed E-state index contributed by atoms with van der Waals surface area (Å²) in [6.45, 7) is 2.86. The third-order valence-corrected chi connectivity index (χ3v) is 2.48. The fourth-order valence-electron chi connectivity index (χ4n) is 1.67. The van der Waals surface area contributed by atoms with Crippen molar-refractivity contribution >= 4 is 7.05 Å². The van der Waals surface area contributed by atoms with E-state index < -0.39 is 7.05 Å².